The minimum atomic E-state index is -1.66. The van der Waals surface area contributed by atoms with Gasteiger partial charge in [-0.15, -0.1) is 8.75 Å². The Balaban J connectivity index is 0.000000702. The Morgan fingerprint density at radius 2 is 0.515 bits per heavy atom. The van der Waals surface area contributed by atoms with Crippen LogP contribution < -0.4 is 19.3 Å². The summed E-state index contributed by atoms with van der Waals surface area (Å²) >= 11 is 1.73. The van der Waals surface area contributed by atoms with Crippen LogP contribution in [0.5, 0.6) is 11.8 Å². The van der Waals surface area contributed by atoms with Gasteiger partial charge in [0.25, 0.3) is 23.6 Å². The molecule has 0 bridgehead atoms. The number of carbonyl (C=O) groups is 20. The highest BCUT2D eigenvalue weighted by molar-refractivity contribution is 6.99. The van der Waals surface area contributed by atoms with Crippen molar-refractivity contribution in [2.45, 2.75) is 249 Å². The van der Waals surface area contributed by atoms with Crippen molar-refractivity contribution in [3.63, 3.8) is 0 Å². The first-order valence-electron chi connectivity index (χ1n) is 40.2. The predicted octanol–water partition coefficient (Wildman–Crippen LogP) is 0.0176. The molecule has 2 aromatic heterocycles. The van der Waals surface area contributed by atoms with E-state index in [1.54, 1.807) is 41.5 Å². The van der Waals surface area contributed by atoms with Gasteiger partial charge in [-0.1, -0.05) is 0 Å². The summed E-state index contributed by atoms with van der Waals surface area (Å²) in [4.78, 5) is 254. The van der Waals surface area contributed by atoms with Crippen LogP contribution in [0.15, 0.2) is 0 Å². The number of carbonyl (C=O) groups excluding carboxylic acids is 20. The van der Waals surface area contributed by atoms with Gasteiger partial charge in [0.05, 0.1) is 63.0 Å². The van der Waals surface area contributed by atoms with Crippen molar-refractivity contribution in [1.82, 2.24) is 27.3 Å². The van der Waals surface area contributed by atoms with E-state index in [-0.39, 0.29) is 24.9 Å². The van der Waals surface area contributed by atoms with E-state index in [1.165, 1.54) is 51.3 Å². The van der Waals surface area contributed by atoms with Crippen LogP contribution >= 0.6 is 23.5 Å². The minimum absolute atomic E-state index is 0.0632. The maximum atomic E-state index is 13.8. The van der Waals surface area contributed by atoms with E-state index in [4.69, 9.17) is 94.7 Å². The van der Waals surface area contributed by atoms with E-state index in [2.05, 4.69) is 27.0 Å². The number of anilines is 2. The van der Waals surface area contributed by atoms with Crippen molar-refractivity contribution in [2.24, 2.45) is 0 Å². The fourth-order valence-electron chi connectivity index (χ4n) is 10.3. The first kappa shape index (κ1) is 112. The van der Waals surface area contributed by atoms with Gasteiger partial charge in [0.1, 0.15) is 13.2 Å². The number of hydrogen-bond donors (Lipinski definition) is 0. The van der Waals surface area contributed by atoms with Gasteiger partial charge in [-0.2, -0.15) is 8.75 Å². The zero-order chi connectivity index (χ0) is 98.4. The molecule has 4 heterocycles. The number of ether oxygens (including phenoxy) is 22. The number of hydrogen-bond acceptors (Lipinski definition) is 50. The van der Waals surface area contributed by atoms with Gasteiger partial charge < -0.3 is 124 Å². The summed E-state index contributed by atoms with van der Waals surface area (Å²) in [6.45, 7) is 26.6. The average molecular weight is 1900 g/mol. The van der Waals surface area contributed by atoms with E-state index >= 15 is 0 Å². The Hall–Kier alpha value is -12.4. The van der Waals surface area contributed by atoms with Gasteiger partial charge >= 0.3 is 107 Å². The highest BCUT2D eigenvalue weighted by Gasteiger charge is 2.39. The fraction of sp³-hybridized carbons (Fsp3) is 0.692. The Bertz CT molecular complexity index is 4250. The summed E-state index contributed by atoms with van der Waals surface area (Å²) in [5.74, 6) is -19.3. The topological polar surface area (TPSA) is 609 Å². The maximum absolute atomic E-state index is 13.8. The van der Waals surface area contributed by atoms with Crippen molar-refractivity contribution in [3.05, 3.63) is 0 Å². The minimum Gasteiger partial charge on any atom is -0.470 e. The summed E-state index contributed by atoms with van der Waals surface area (Å²) in [6, 6.07) is 0. The molecule has 0 aliphatic carbocycles. The molecule has 728 valence electrons. The van der Waals surface area contributed by atoms with Crippen LogP contribution in [0.25, 0.3) is 0 Å². The third kappa shape index (κ3) is 40.5. The molecule has 4 rings (SSSR count). The third-order valence-electron chi connectivity index (χ3n) is 16.9. The lowest BCUT2D eigenvalue weighted by atomic mass is 10.1. The number of esters is 18. The molecule has 12 unspecified atom stereocenters. The van der Waals surface area contributed by atoms with Crippen molar-refractivity contribution in [1.29, 1.82) is 0 Å². The SMILES string of the molecule is CC(=O)OC(C)C(=O)OC(C)C(=O)OC(C)C(=O)OC(C)C(=O)OCC(=O)O[C@H](COc1nsnc1N1CCOCC1)CN(C(=O)COC(=O)C(C)OC(=O)C(C)OC(=O)C(C)OC(=O)C(C)OC(C)=O)C(C)(C)C.CC(=O)OC(C)C(=O)OC(C)C(=O)OCC(=O)O[C@H](COc1nsnc1N1CCOCC1)CN(C(=O)COC(=O)C(C)OC(=O)C(C)OC(C)=O)C(C)(C)C. The molecule has 2 fully saturated rings. The summed E-state index contributed by atoms with van der Waals surface area (Å²) < 4.78 is 130. The molecular weight excluding hydrogens is 1790 g/mol. The van der Waals surface area contributed by atoms with Gasteiger partial charge in [0.2, 0.25) is 11.6 Å². The molecule has 0 spiro atoms. The number of amides is 2. The van der Waals surface area contributed by atoms with Crippen molar-refractivity contribution < 1.29 is 200 Å². The molecule has 52 heteroatoms. The van der Waals surface area contributed by atoms with Crippen LogP contribution in [0.4, 0.5) is 11.6 Å². The molecule has 130 heavy (non-hydrogen) atoms. The lowest BCUT2D eigenvalue weighted by Crippen LogP contribution is -2.52. The van der Waals surface area contributed by atoms with E-state index in [9.17, 15) is 95.9 Å². The van der Waals surface area contributed by atoms with Crippen LogP contribution in [-0.2, 0) is 191 Å². The van der Waals surface area contributed by atoms with Gasteiger partial charge in [0.15, 0.2) is 112 Å². The highest BCUT2D eigenvalue weighted by Crippen LogP contribution is 2.30. The van der Waals surface area contributed by atoms with Gasteiger partial charge in [-0.05, 0) is 125 Å². The third-order valence-corrected chi connectivity index (χ3v) is 18.0. The number of morpholine rings is 2. The predicted molar refractivity (Wildman–Crippen MR) is 433 cm³/mol. The lowest BCUT2D eigenvalue weighted by Gasteiger charge is -2.37. The Labute approximate surface area is 754 Å². The second-order valence-electron chi connectivity index (χ2n) is 30.3. The molecule has 2 saturated heterocycles. The molecular formula is C78H112N8O42S2. The lowest BCUT2D eigenvalue weighted by molar-refractivity contribution is -0.185. The normalized spacial score (nSPS) is 15.7. The van der Waals surface area contributed by atoms with Crippen LogP contribution in [0, 0.1) is 0 Å². The van der Waals surface area contributed by atoms with Crippen LogP contribution in [0.2, 0.25) is 0 Å². The standard InChI is InChI=1S/C45H64N4O25S.C33H48N4O17S/c1-22(68-41(58)26(5)72-43(60)28(7)70-39(56)24(3)66-30(9)50)37(54)64-20-33(52)49(45(11,12)13)18-32(19-63-36-35(46-75-47-36)48-14-16-62-17-15-48)74-34(53)21-65-38(55)23(2)69-42(59)27(6)73-44(61)29(8)71-40(57)25(4)67-31(10)51;1-18(52-31(44)20(3)50-22(5)38)29(42)48-16-25(40)37(33(7,8)9)14-24(15-47-28-27(34-55-35-28)36-10-12-46-13-11-36)54-26(41)17-49-30(43)19(2)53-32(45)21(4)51-23(6)39/h22-29,32H,14-21H2,1-13H3;18-21,24H,10-17H2,1-9H3/t22?,23?,24?,25?,26?,27?,28?,29?,32-;18?,19?,20?,21?,24-/m00/s1. The molecule has 2 aromatic rings. The zero-order valence-corrected chi connectivity index (χ0v) is 77.6. The molecule has 2 aliphatic rings. The Morgan fingerprint density at radius 1 is 0.308 bits per heavy atom. The highest BCUT2D eigenvalue weighted by atomic mass is 32.1. The first-order chi connectivity index (χ1) is 60.6. The zero-order valence-electron chi connectivity index (χ0n) is 75.9. The Kier molecular flexibility index (Phi) is 46.6. The number of nitrogens with zero attached hydrogens (tertiary/aromatic N) is 8. The summed E-state index contributed by atoms with van der Waals surface area (Å²) in [5, 5.41) is 0. The quantitative estimate of drug-likeness (QED) is 0.0622. The molecule has 0 saturated carbocycles. The van der Waals surface area contributed by atoms with Crippen molar-refractivity contribution >= 4 is 154 Å². The first-order valence-corrected chi connectivity index (χ1v) is 41.6. The van der Waals surface area contributed by atoms with Crippen molar-refractivity contribution in [2.75, 3.05) is 115 Å². The molecule has 0 N–H and O–H groups in total. The fourth-order valence-corrected chi connectivity index (χ4v) is 11.3. The molecule has 50 nitrogen and oxygen atoms in total. The summed E-state index contributed by atoms with van der Waals surface area (Å²) in [6.07, 6.45) is -20.4. The molecule has 0 radical (unpaired) electrons. The van der Waals surface area contributed by atoms with Crippen LogP contribution in [0.3, 0.4) is 0 Å². The summed E-state index contributed by atoms with van der Waals surface area (Å²) in [7, 11) is 0. The van der Waals surface area contributed by atoms with E-state index in [1.807, 2.05) is 9.80 Å². The average Bonchev–Trinajstić information content (AvgIpc) is 1.47. The molecule has 14 atom stereocenters. The monoisotopic (exact) mass is 1900 g/mol. The molecule has 2 amide bonds. The number of aromatic nitrogens is 4. The van der Waals surface area contributed by atoms with E-state index in [0.29, 0.717) is 64.2 Å². The Morgan fingerprint density at radius 3 is 0.731 bits per heavy atom. The van der Waals surface area contributed by atoms with Gasteiger partial charge in [-0.3, -0.25) is 28.8 Å². The molecule has 2 aliphatic heterocycles. The summed E-state index contributed by atoms with van der Waals surface area (Å²) in [5.41, 5.74) is -2.03. The van der Waals surface area contributed by atoms with Crippen LogP contribution in [-0.4, -0.2) is 348 Å². The van der Waals surface area contributed by atoms with Gasteiger partial charge in [-0.25, -0.2) is 67.1 Å². The van der Waals surface area contributed by atoms with Crippen LogP contribution in [0.1, 0.15) is 152 Å². The number of rotatable bonds is 46. The second kappa shape index (κ2) is 54.2. The smallest absolute Gasteiger partial charge is 0.347 e. The second-order valence-corrected chi connectivity index (χ2v) is 31.3. The maximum Gasteiger partial charge on any atom is 0.347 e. The van der Waals surface area contributed by atoms with Gasteiger partial charge in [0, 0.05) is 65.0 Å². The van der Waals surface area contributed by atoms with Crippen molar-refractivity contribution in [3.8, 4) is 11.8 Å². The van der Waals surface area contributed by atoms with E-state index < -0.39 is 255 Å². The van der Waals surface area contributed by atoms with E-state index in [0.717, 1.165) is 92.7 Å². The molecule has 0 aromatic carbocycles. The largest absolute Gasteiger partial charge is 0.470 e.